The number of carbonyl (C=O) groups excluding carboxylic acids is 1. The highest BCUT2D eigenvalue weighted by Gasteiger charge is 2.44. The van der Waals surface area contributed by atoms with Gasteiger partial charge in [0.2, 0.25) is 22.3 Å². The number of aliphatic hydroxyl groups excluding tert-OH is 1. The van der Waals surface area contributed by atoms with Crippen molar-refractivity contribution < 1.29 is 45.0 Å². The van der Waals surface area contributed by atoms with E-state index in [0.29, 0.717) is 6.07 Å². The number of aliphatic imine (C=N–C) groups is 1. The van der Waals surface area contributed by atoms with Gasteiger partial charge in [-0.2, -0.15) is 13.2 Å². The number of ether oxygens (including phenoxy) is 1. The van der Waals surface area contributed by atoms with Crippen molar-refractivity contribution >= 4 is 50.8 Å². The van der Waals surface area contributed by atoms with E-state index in [9.17, 15) is 35.9 Å². The number of likely N-dealkylation sites (N-methyl/N-ethyl adjacent to an activating group) is 1. The third-order valence-electron chi connectivity index (χ3n) is 8.51. The molecule has 0 bridgehead atoms. The van der Waals surface area contributed by atoms with Crippen LogP contribution < -0.4 is 4.90 Å². The first-order chi connectivity index (χ1) is 22.5. The van der Waals surface area contributed by atoms with Crippen LogP contribution in [0.3, 0.4) is 0 Å². The van der Waals surface area contributed by atoms with Crippen molar-refractivity contribution in [2.75, 3.05) is 63.3 Å². The van der Waals surface area contributed by atoms with Gasteiger partial charge in [0.25, 0.3) is 0 Å². The maximum Gasteiger partial charge on any atom is 0.417 e. The molecule has 1 unspecified atom stereocenters. The van der Waals surface area contributed by atoms with Crippen molar-refractivity contribution in [3.8, 4) is 11.1 Å². The molecule has 1 fully saturated rings. The molecule has 10 nitrogen and oxygen atoms in total. The molecule has 0 spiro atoms. The number of sulfonamides is 1. The Hall–Kier alpha value is -2.96. The second-order valence-corrected chi connectivity index (χ2v) is 14.9. The Kier molecular flexibility index (Phi) is 10.4. The van der Waals surface area contributed by atoms with Gasteiger partial charge in [-0.1, -0.05) is 25.1 Å². The quantitative estimate of drug-likeness (QED) is 0.256. The maximum atomic E-state index is 15.3. The van der Waals surface area contributed by atoms with Gasteiger partial charge in [-0.3, -0.25) is 4.79 Å². The van der Waals surface area contributed by atoms with Crippen molar-refractivity contribution in [3.05, 3.63) is 58.6 Å². The zero-order valence-corrected chi connectivity index (χ0v) is 28.5. The predicted molar refractivity (Wildman–Crippen MR) is 173 cm³/mol. The molecule has 1 N–H and O–H groups in total. The number of halogens is 6. The Morgan fingerprint density at radius 1 is 1.21 bits per heavy atom. The van der Waals surface area contributed by atoms with Gasteiger partial charge in [-0.25, -0.2) is 26.5 Å². The van der Waals surface area contributed by atoms with Crippen LogP contribution in [0.25, 0.3) is 11.1 Å². The number of aliphatic hydroxyl groups is 1. The van der Waals surface area contributed by atoms with Crippen LogP contribution in [0.1, 0.15) is 18.1 Å². The molecule has 2 aromatic carbocycles. The van der Waals surface area contributed by atoms with E-state index in [1.54, 1.807) is 11.8 Å². The van der Waals surface area contributed by atoms with E-state index in [1.165, 1.54) is 21.2 Å². The lowest BCUT2D eigenvalue weighted by Gasteiger charge is -2.45. The molecule has 1 saturated heterocycles. The molecular weight excluding hydrogens is 705 g/mol. The summed E-state index contributed by atoms with van der Waals surface area (Å²) in [5.41, 5.74) is -2.29. The number of hydrogen-bond donors (Lipinski definition) is 1. The SMILES string of the molecule is C=CC(=O)N1CCN(C2=NC(O)N3C[C@H](OC)CSc4c(-c5cc(Cl)c(F)cc5F)c(C(F)(F)F)cc2c43)C[C@@H]1CN(CC)S(C)(=O)=O. The number of thioether (sulfide) groups is 1. The van der Waals surface area contributed by atoms with Gasteiger partial charge < -0.3 is 24.5 Å². The first-order valence-electron chi connectivity index (χ1n) is 14.7. The summed E-state index contributed by atoms with van der Waals surface area (Å²) >= 11 is 6.90. The topological polar surface area (TPSA) is 106 Å². The molecule has 0 radical (unpaired) electrons. The van der Waals surface area contributed by atoms with E-state index < -0.39 is 74.0 Å². The fourth-order valence-corrected chi connectivity index (χ4v) is 8.58. The van der Waals surface area contributed by atoms with Crippen LogP contribution in [0.4, 0.5) is 27.6 Å². The van der Waals surface area contributed by atoms with Crippen LogP contribution in [0.15, 0.2) is 40.7 Å². The predicted octanol–water partition coefficient (Wildman–Crippen LogP) is 4.25. The van der Waals surface area contributed by atoms with Gasteiger partial charge in [-0.15, -0.1) is 11.8 Å². The molecule has 5 rings (SSSR count). The first kappa shape index (κ1) is 36.3. The van der Waals surface area contributed by atoms with Crippen LogP contribution in [0, 0.1) is 11.6 Å². The van der Waals surface area contributed by atoms with Gasteiger partial charge in [0.15, 0.2) is 0 Å². The third-order valence-corrected chi connectivity index (χ3v) is 11.4. The summed E-state index contributed by atoms with van der Waals surface area (Å²) in [5, 5.41) is 10.8. The summed E-state index contributed by atoms with van der Waals surface area (Å²) in [6, 6.07) is 1.28. The largest absolute Gasteiger partial charge is 0.417 e. The number of anilines is 1. The zero-order chi connectivity index (χ0) is 35.3. The van der Waals surface area contributed by atoms with E-state index in [2.05, 4.69) is 11.6 Å². The van der Waals surface area contributed by atoms with Gasteiger partial charge >= 0.3 is 6.18 Å². The van der Waals surface area contributed by atoms with Crippen LogP contribution in [0.5, 0.6) is 0 Å². The number of benzene rings is 2. The molecule has 3 aliphatic heterocycles. The minimum absolute atomic E-state index is 0.0168. The van der Waals surface area contributed by atoms with Crippen LogP contribution >= 0.6 is 23.4 Å². The highest BCUT2D eigenvalue weighted by molar-refractivity contribution is 7.99. The molecule has 0 saturated carbocycles. The Labute approximate surface area is 283 Å². The molecule has 18 heteroatoms. The van der Waals surface area contributed by atoms with Crippen LogP contribution in [-0.2, 0) is 25.7 Å². The average Bonchev–Trinajstić information content (AvgIpc) is 3.22. The van der Waals surface area contributed by atoms with Gasteiger partial charge in [0, 0.05) is 79.8 Å². The number of methoxy groups -OCH3 is 1. The molecule has 3 heterocycles. The zero-order valence-electron chi connectivity index (χ0n) is 26.1. The van der Waals surface area contributed by atoms with Crippen LogP contribution in [0.2, 0.25) is 5.02 Å². The summed E-state index contributed by atoms with van der Waals surface area (Å²) in [5.74, 6) is -2.77. The molecule has 2 aromatic rings. The van der Waals surface area contributed by atoms with Crippen molar-refractivity contribution in [2.45, 2.75) is 36.5 Å². The van der Waals surface area contributed by atoms with Gasteiger partial charge in [-0.05, 0) is 18.2 Å². The monoisotopic (exact) mass is 737 g/mol. The Balaban J connectivity index is 1.72. The standard InChI is InChI=1S/C30H33ClF5N5O5S2/c1-5-24(42)40-8-7-38(12-16(40)13-39(6-2)48(4,44)45)28-19-9-20(30(34,35)36)25(18-10-21(31)23(33)11-22(18)32)27-26(19)41(29(43)37-28)14-17(46-3)15-47-27/h5,9-11,16-17,29,43H,1,6-8,12-15H2,2-4H3/t16-,17+,29?/m1/s1. The fourth-order valence-electron chi connectivity index (χ4n) is 6.19. The molecular formula is C30H33ClF5N5O5S2. The van der Waals surface area contributed by atoms with E-state index in [4.69, 9.17) is 16.3 Å². The highest BCUT2D eigenvalue weighted by atomic mass is 35.5. The van der Waals surface area contributed by atoms with E-state index >= 15 is 4.39 Å². The molecule has 3 atom stereocenters. The van der Waals surface area contributed by atoms with Crippen LogP contribution in [-0.4, -0.2) is 116 Å². The Bertz CT molecular complexity index is 1760. The lowest BCUT2D eigenvalue weighted by atomic mass is 9.92. The number of amides is 1. The Morgan fingerprint density at radius 2 is 1.92 bits per heavy atom. The highest BCUT2D eigenvalue weighted by Crippen LogP contribution is 2.52. The van der Waals surface area contributed by atoms with Gasteiger partial charge in [0.1, 0.15) is 17.5 Å². The second kappa shape index (κ2) is 13.7. The van der Waals surface area contributed by atoms with Crippen molar-refractivity contribution in [3.63, 3.8) is 0 Å². The maximum absolute atomic E-state index is 15.3. The number of carbonyl (C=O) groups is 1. The lowest BCUT2D eigenvalue weighted by molar-refractivity contribution is -0.137. The van der Waals surface area contributed by atoms with E-state index in [0.717, 1.165) is 36.2 Å². The first-order valence-corrected chi connectivity index (χ1v) is 18.0. The number of piperazine rings is 1. The van der Waals surface area contributed by atoms with Crippen molar-refractivity contribution in [2.24, 2.45) is 4.99 Å². The second-order valence-electron chi connectivity index (χ2n) is 11.4. The molecule has 3 aliphatic rings. The van der Waals surface area contributed by atoms with E-state index in [1.807, 2.05) is 0 Å². The number of hydrogen-bond acceptors (Lipinski definition) is 9. The minimum atomic E-state index is -5.04. The summed E-state index contributed by atoms with van der Waals surface area (Å²) in [7, 11) is -2.27. The smallest absolute Gasteiger partial charge is 0.379 e. The normalized spacial score (nSPS) is 21.6. The molecule has 0 aliphatic carbocycles. The number of amidine groups is 1. The summed E-state index contributed by atoms with van der Waals surface area (Å²) in [6.45, 7) is 5.23. The molecule has 262 valence electrons. The molecule has 48 heavy (non-hydrogen) atoms. The number of rotatable bonds is 7. The van der Waals surface area contributed by atoms with Crippen molar-refractivity contribution in [1.29, 1.82) is 0 Å². The average molecular weight is 738 g/mol. The number of alkyl halides is 3. The summed E-state index contributed by atoms with van der Waals surface area (Å²) in [6.07, 6.45) is -5.10. The minimum Gasteiger partial charge on any atom is -0.379 e. The summed E-state index contributed by atoms with van der Waals surface area (Å²) < 4.78 is 106. The third kappa shape index (κ3) is 6.89. The molecule has 0 aromatic heterocycles. The summed E-state index contributed by atoms with van der Waals surface area (Å²) in [4.78, 5) is 21.6. The Morgan fingerprint density at radius 3 is 2.52 bits per heavy atom. The van der Waals surface area contributed by atoms with Crippen molar-refractivity contribution in [1.82, 2.24) is 14.1 Å². The van der Waals surface area contributed by atoms with E-state index in [-0.39, 0.29) is 67.0 Å². The van der Waals surface area contributed by atoms with Gasteiger partial charge in [0.05, 0.1) is 34.7 Å². The molecule has 1 amide bonds. The number of nitrogens with zero attached hydrogens (tertiary/aromatic N) is 5. The fraction of sp³-hybridized carbons (Fsp3) is 0.467. The lowest BCUT2D eigenvalue weighted by Crippen LogP contribution is -2.60.